The van der Waals surface area contributed by atoms with Gasteiger partial charge in [-0.1, -0.05) is 12.1 Å². The average molecular weight is 501 g/mol. The van der Waals surface area contributed by atoms with Gasteiger partial charge in [-0.15, -0.1) is 0 Å². The summed E-state index contributed by atoms with van der Waals surface area (Å²) < 4.78 is 10.8. The summed E-state index contributed by atoms with van der Waals surface area (Å²) in [5.74, 6) is -0.712. The first-order chi connectivity index (χ1) is 16.9. The number of carboxylic acids is 1. The van der Waals surface area contributed by atoms with Gasteiger partial charge in [0, 0.05) is 20.5 Å². The van der Waals surface area contributed by atoms with Crippen molar-refractivity contribution in [3.63, 3.8) is 0 Å². The van der Waals surface area contributed by atoms with Crippen LogP contribution in [0.1, 0.15) is 57.9 Å². The Morgan fingerprint density at radius 3 is 2.14 bits per heavy atom. The summed E-state index contributed by atoms with van der Waals surface area (Å²) in [7, 11) is 3.16. The van der Waals surface area contributed by atoms with Crippen molar-refractivity contribution in [2.45, 2.75) is 70.9 Å². The van der Waals surface area contributed by atoms with Crippen LogP contribution in [0.3, 0.4) is 0 Å². The molecule has 4 bridgehead atoms. The zero-order chi connectivity index (χ0) is 26.3. The van der Waals surface area contributed by atoms with Crippen molar-refractivity contribution in [1.82, 2.24) is 10.2 Å². The average Bonchev–Trinajstić information content (AvgIpc) is 2.78. The van der Waals surface area contributed by atoms with E-state index < -0.39 is 28.9 Å². The molecule has 2 N–H and O–H groups in total. The molecule has 196 valence electrons. The molecule has 0 heterocycles. The van der Waals surface area contributed by atoms with E-state index in [9.17, 15) is 24.3 Å². The van der Waals surface area contributed by atoms with Gasteiger partial charge in [0.1, 0.15) is 11.8 Å². The molecule has 0 aromatic heterocycles. The Bertz CT molecular complexity index is 1020. The lowest BCUT2D eigenvalue weighted by Gasteiger charge is -2.60. The van der Waals surface area contributed by atoms with Crippen molar-refractivity contribution in [2.24, 2.45) is 22.7 Å². The van der Waals surface area contributed by atoms with Gasteiger partial charge in [0.05, 0.1) is 16.9 Å². The van der Waals surface area contributed by atoms with Crippen molar-refractivity contribution in [2.75, 3.05) is 14.1 Å². The predicted octanol–water partition coefficient (Wildman–Crippen LogP) is 3.40. The minimum absolute atomic E-state index is 0.0897. The smallest absolute Gasteiger partial charge is 0.414 e. The lowest BCUT2D eigenvalue weighted by atomic mass is 9.44. The Hall–Kier alpha value is -3.10. The van der Waals surface area contributed by atoms with Gasteiger partial charge in [0.15, 0.2) is 0 Å². The van der Waals surface area contributed by atoms with Crippen molar-refractivity contribution in [3.8, 4) is 5.75 Å². The highest BCUT2D eigenvalue weighted by Crippen LogP contribution is 2.65. The Morgan fingerprint density at radius 1 is 1.03 bits per heavy atom. The minimum Gasteiger partial charge on any atom is -0.480 e. The van der Waals surface area contributed by atoms with Crippen molar-refractivity contribution < 1.29 is 33.8 Å². The van der Waals surface area contributed by atoms with E-state index in [0.717, 1.165) is 19.3 Å². The fourth-order valence-electron chi connectivity index (χ4n) is 6.74. The summed E-state index contributed by atoms with van der Waals surface area (Å²) in [5, 5.41) is 12.7. The quantitative estimate of drug-likeness (QED) is 0.525. The molecule has 0 radical (unpaired) electrons. The van der Waals surface area contributed by atoms with E-state index in [4.69, 9.17) is 9.47 Å². The Kier molecular flexibility index (Phi) is 7.03. The number of ether oxygens (including phenoxy) is 2. The van der Waals surface area contributed by atoms with Crippen LogP contribution < -0.4 is 10.1 Å². The highest BCUT2D eigenvalue weighted by molar-refractivity contribution is 5.89. The van der Waals surface area contributed by atoms with Gasteiger partial charge in [-0.3, -0.25) is 9.59 Å². The second kappa shape index (κ2) is 9.75. The standard InChI is InChI=1S/C27H36N2O7/c1-16(2)35-24(33)27-13-18-9-19(14-27)12-26(11-18,15-27)23(32)28-21(22(30)31)10-17-5-7-20(8-6-17)36-25(34)29(3)4/h5-8,16,18-19,21H,9-15H2,1-4H3,(H,28,32)(H,30,31)/t18?,19?,21-,26?,27?/m0/s1. The number of rotatable bonds is 8. The molecule has 4 aliphatic rings. The largest absolute Gasteiger partial charge is 0.480 e. The van der Waals surface area contributed by atoms with Gasteiger partial charge >= 0.3 is 18.0 Å². The molecular weight excluding hydrogens is 464 g/mol. The molecule has 4 fully saturated rings. The third kappa shape index (κ3) is 5.20. The minimum atomic E-state index is -1.12. The van der Waals surface area contributed by atoms with E-state index in [1.807, 2.05) is 13.8 Å². The van der Waals surface area contributed by atoms with Gasteiger partial charge in [0.25, 0.3) is 0 Å². The molecule has 2 unspecified atom stereocenters. The van der Waals surface area contributed by atoms with Gasteiger partial charge < -0.3 is 24.8 Å². The van der Waals surface area contributed by atoms with Gasteiger partial charge in [-0.25, -0.2) is 9.59 Å². The van der Waals surface area contributed by atoms with E-state index >= 15 is 0 Å². The molecule has 36 heavy (non-hydrogen) atoms. The Labute approximate surface area is 211 Å². The number of amides is 2. The van der Waals surface area contributed by atoms with Crippen molar-refractivity contribution >= 4 is 23.9 Å². The molecule has 5 rings (SSSR count). The number of hydrogen-bond acceptors (Lipinski definition) is 6. The van der Waals surface area contributed by atoms with E-state index in [2.05, 4.69) is 5.32 Å². The third-order valence-corrected chi connectivity index (χ3v) is 7.86. The van der Waals surface area contributed by atoms with Gasteiger partial charge in [-0.05, 0) is 81.9 Å². The molecule has 4 saturated carbocycles. The second-order valence-corrected chi connectivity index (χ2v) is 11.5. The lowest BCUT2D eigenvalue weighted by Crippen LogP contribution is -2.61. The van der Waals surface area contributed by atoms with Crippen LogP contribution in [-0.2, 0) is 25.5 Å². The molecule has 9 nitrogen and oxygen atoms in total. The SMILES string of the molecule is CC(C)OC(=O)C12CC3CC(CC(C(=O)N[C@@H](Cc4ccc(OC(=O)N(C)C)cc4)C(=O)O)(C3)C1)C2. The van der Waals surface area contributed by atoms with E-state index in [1.54, 1.807) is 38.4 Å². The van der Waals surface area contributed by atoms with E-state index in [1.165, 1.54) is 4.90 Å². The van der Waals surface area contributed by atoms with E-state index in [0.29, 0.717) is 30.6 Å². The summed E-state index contributed by atoms with van der Waals surface area (Å²) in [4.78, 5) is 51.8. The Morgan fingerprint density at radius 2 is 1.61 bits per heavy atom. The maximum absolute atomic E-state index is 13.6. The van der Waals surface area contributed by atoms with Crippen LogP contribution in [0, 0.1) is 22.7 Å². The van der Waals surface area contributed by atoms with Crippen molar-refractivity contribution in [1.29, 1.82) is 0 Å². The van der Waals surface area contributed by atoms with Crippen molar-refractivity contribution in [3.05, 3.63) is 29.8 Å². The number of esters is 1. The number of carboxylic acid groups (broad SMARTS) is 1. The van der Waals surface area contributed by atoms with Crippen LogP contribution in [0.4, 0.5) is 4.79 Å². The number of nitrogens with zero attached hydrogens (tertiary/aromatic N) is 1. The molecule has 0 spiro atoms. The molecule has 1 aromatic rings. The number of carbonyl (C=O) groups is 4. The molecule has 9 heteroatoms. The molecule has 1 aromatic carbocycles. The number of nitrogens with one attached hydrogen (secondary N) is 1. The first-order valence-corrected chi connectivity index (χ1v) is 12.6. The van der Waals surface area contributed by atoms with Crippen LogP contribution in [0.15, 0.2) is 24.3 Å². The fourth-order valence-corrected chi connectivity index (χ4v) is 6.74. The van der Waals surface area contributed by atoms with Crippen LogP contribution in [0.25, 0.3) is 0 Å². The zero-order valence-electron chi connectivity index (χ0n) is 21.4. The summed E-state index contributed by atoms with van der Waals surface area (Å²) >= 11 is 0. The molecule has 0 saturated heterocycles. The van der Waals surface area contributed by atoms with Crippen LogP contribution in [0.5, 0.6) is 5.75 Å². The molecule has 2 amide bonds. The maximum atomic E-state index is 13.6. The van der Waals surface area contributed by atoms with E-state index in [-0.39, 0.29) is 36.2 Å². The number of benzene rings is 1. The Balaban J connectivity index is 1.46. The fraction of sp³-hybridized carbons (Fsp3) is 0.630. The molecule has 3 atom stereocenters. The lowest BCUT2D eigenvalue weighted by molar-refractivity contribution is -0.187. The van der Waals surface area contributed by atoms with Gasteiger partial charge in [0.2, 0.25) is 5.91 Å². The number of aliphatic carboxylic acids is 1. The monoisotopic (exact) mass is 500 g/mol. The van der Waals surface area contributed by atoms with Crippen LogP contribution in [0.2, 0.25) is 0 Å². The van der Waals surface area contributed by atoms with Crippen LogP contribution >= 0.6 is 0 Å². The predicted molar refractivity (Wildman–Crippen MR) is 130 cm³/mol. The second-order valence-electron chi connectivity index (χ2n) is 11.5. The molecular formula is C27H36N2O7. The summed E-state index contributed by atoms with van der Waals surface area (Å²) in [6.45, 7) is 3.66. The topological polar surface area (TPSA) is 122 Å². The normalized spacial score (nSPS) is 28.9. The molecule has 4 aliphatic carbocycles. The number of carbonyl (C=O) groups excluding carboxylic acids is 3. The first-order valence-electron chi connectivity index (χ1n) is 12.6. The number of hydrogen-bond donors (Lipinski definition) is 2. The zero-order valence-corrected chi connectivity index (χ0v) is 21.4. The van der Waals surface area contributed by atoms with Crippen LogP contribution in [-0.4, -0.2) is 60.2 Å². The highest BCUT2D eigenvalue weighted by atomic mass is 16.6. The summed E-state index contributed by atoms with van der Waals surface area (Å²) in [5.41, 5.74) is -0.697. The van der Waals surface area contributed by atoms with Gasteiger partial charge in [-0.2, -0.15) is 0 Å². The summed E-state index contributed by atoms with van der Waals surface area (Å²) in [6, 6.07) is 5.45. The summed E-state index contributed by atoms with van der Waals surface area (Å²) in [6.07, 6.45) is 3.66. The maximum Gasteiger partial charge on any atom is 0.414 e. The third-order valence-electron chi connectivity index (χ3n) is 7.86. The molecule has 0 aliphatic heterocycles. The highest BCUT2D eigenvalue weighted by Gasteiger charge is 2.64. The first kappa shape index (κ1) is 26.0.